The van der Waals surface area contributed by atoms with E-state index in [9.17, 15) is 21.6 Å². The molecule has 30 heavy (non-hydrogen) atoms. The third kappa shape index (κ3) is 4.79. The Labute approximate surface area is 181 Å². The van der Waals surface area contributed by atoms with Gasteiger partial charge in [-0.2, -0.15) is 0 Å². The van der Waals surface area contributed by atoms with Gasteiger partial charge in [-0.25, -0.2) is 21.6 Å². The van der Waals surface area contributed by atoms with Gasteiger partial charge in [-0.3, -0.25) is 4.79 Å². The summed E-state index contributed by atoms with van der Waals surface area (Å²) in [5.41, 5.74) is 1.14. The second-order valence-corrected chi connectivity index (χ2v) is 13.5. The van der Waals surface area contributed by atoms with Crippen LogP contribution >= 0.6 is 11.8 Å². The first-order valence-electron chi connectivity index (χ1n) is 9.25. The van der Waals surface area contributed by atoms with Crippen molar-refractivity contribution in [2.45, 2.75) is 42.1 Å². The molecule has 160 valence electrons. The van der Waals surface area contributed by atoms with E-state index in [1.54, 1.807) is 42.5 Å². The molecule has 9 heteroatoms. The number of sulfone groups is 1. The number of allylic oxidation sites excluding steroid dienone is 1. The lowest BCUT2D eigenvalue weighted by Gasteiger charge is -2.19. The van der Waals surface area contributed by atoms with Crippen molar-refractivity contribution in [1.82, 2.24) is 4.72 Å². The van der Waals surface area contributed by atoms with Crippen molar-refractivity contribution in [3.8, 4) is 0 Å². The molecule has 0 radical (unpaired) electrons. The van der Waals surface area contributed by atoms with Crippen LogP contribution in [0, 0.1) is 0 Å². The number of hydrogen-bond acceptors (Lipinski definition) is 6. The van der Waals surface area contributed by atoms with Crippen LogP contribution in [0.3, 0.4) is 0 Å². The van der Waals surface area contributed by atoms with Crippen molar-refractivity contribution in [3.63, 3.8) is 0 Å². The summed E-state index contributed by atoms with van der Waals surface area (Å²) in [6.45, 7) is 6.11. The van der Waals surface area contributed by atoms with Crippen molar-refractivity contribution < 1.29 is 21.6 Å². The Bertz CT molecular complexity index is 1180. The van der Waals surface area contributed by atoms with Gasteiger partial charge in [0.15, 0.2) is 9.84 Å². The van der Waals surface area contributed by atoms with Crippen LogP contribution in [0.4, 0.5) is 0 Å². The Hall–Kier alpha value is -2.10. The van der Waals surface area contributed by atoms with E-state index in [1.165, 1.54) is 18.2 Å². The number of carbonyl (C=O) groups is 1. The Morgan fingerprint density at radius 2 is 1.57 bits per heavy atom. The first kappa shape index (κ1) is 22.6. The molecule has 0 aromatic heterocycles. The number of sulfonamides is 1. The number of rotatable bonds is 5. The summed E-state index contributed by atoms with van der Waals surface area (Å²) >= 11 is 0.733. The molecule has 0 saturated heterocycles. The molecule has 0 saturated carbocycles. The first-order valence-corrected chi connectivity index (χ1v) is 13.2. The zero-order chi connectivity index (χ0) is 22.2. The highest BCUT2D eigenvalue weighted by molar-refractivity contribution is 8.24. The average Bonchev–Trinajstić information content (AvgIpc) is 3.20. The molecule has 0 aliphatic carbocycles. The van der Waals surface area contributed by atoms with Gasteiger partial charge in [-0.1, -0.05) is 68.9 Å². The molecule has 1 aliphatic rings. The Balaban J connectivity index is 1.71. The minimum absolute atomic E-state index is 0.0482. The quantitative estimate of drug-likeness (QED) is 0.721. The fraction of sp³-hybridized carbons (Fsp3) is 0.286. The number of hydrogen-bond donors (Lipinski definition) is 1. The highest BCUT2D eigenvalue weighted by atomic mass is 32.3. The van der Waals surface area contributed by atoms with E-state index < -0.39 is 30.3 Å². The largest absolute Gasteiger partial charge is 0.270 e. The lowest BCUT2D eigenvalue weighted by Crippen LogP contribution is -2.31. The van der Waals surface area contributed by atoms with Crippen LogP contribution in [0.5, 0.6) is 0 Å². The van der Waals surface area contributed by atoms with Gasteiger partial charge in [-0.15, -0.1) is 0 Å². The van der Waals surface area contributed by atoms with Crippen molar-refractivity contribution in [3.05, 3.63) is 76.0 Å². The summed E-state index contributed by atoms with van der Waals surface area (Å²) in [6, 6.07) is 14.6. The molecule has 2 aromatic carbocycles. The molecule has 1 unspecified atom stereocenters. The van der Waals surface area contributed by atoms with Crippen LogP contribution in [-0.2, 0) is 25.3 Å². The highest BCUT2D eigenvalue weighted by Gasteiger charge is 2.37. The summed E-state index contributed by atoms with van der Waals surface area (Å²) in [5, 5.41) is 0. The fourth-order valence-electron chi connectivity index (χ4n) is 2.90. The summed E-state index contributed by atoms with van der Waals surface area (Å²) in [4.78, 5) is 12.6. The van der Waals surface area contributed by atoms with Gasteiger partial charge in [0.2, 0.25) is 0 Å². The molecular formula is C21H23NO5S3. The summed E-state index contributed by atoms with van der Waals surface area (Å²) < 4.78 is 51.6. The van der Waals surface area contributed by atoms with E-state index in [-0.39, 0.29) is 26.5 Å². The number of nitrogens with one attached hydrogen (secondary N) is 1. The summed E-state index contributed by atoms with van der Waals surface area (Å²) in [6.07, 6.45) is 1.39. The third-order valence-electron chi connectivity index (χ3n) is 4.65. The maximum Gasteiger partial charge on any atom is 0.270 e. The molecule has 6 nitrogen and oxygen atoms in total. The molecular weight excluding hydrogens is 442 g/mol. The van der Waals surface area contributed by atoms with Crippen molar-refractivity contribution in [2.24, 2.45) is 0 Å². The van der Waals surface area contributed by atoms with Crippen LogP contribution in [0.2, 0.25) is 0 Å². The molecule has 1 aliphatic heterocycles. The van der Waals surface area contributed by atoms with E-state index in [1.807, 2.05) is 25.5 Å². The van der Waals surface area contributed by atoms with Crippen molar-refractivity contribution in [2.75, 3.05) is 0 Å². The van der Waals surface area contributed by atoms with Gasteiger partial charge in [0.05, 0.1) is 4.90 Å². The van der Waals surface area contributed by atoms with Gasteiger partial charge < -0.3 is 0 Å². The van der Waals surface area contributed by atoms with E-state index in [2.05, 4.69) is 0 Å². The molecule has 1 N–H and O–H groups in total. The average molecular weight is 466 g/mol. The first-order chi connectivity index (χ1) is 13.9. The van der Waals surface area contributed by atoms with Gasteiger partial charge in [-0.05, 0) is 41.7 Å². The van der Waals surface area contributed by atoms with Gasteiger partial charge in [0, 0.05) is 5.56 Å². The molecule has 1 heterocycles. The minimum Gasteiger partial charge on any atom is -0.268 e. The molecule has 2 aromatic rings. The maximum atomic E-state index is 12.7. The molecule has 1 atom stereocenters. The molecule has 0 spiro atoms. The van der Waals surface area contributed by atoms with Crippen molar-refractivity contribution >= 4 is 37.5 Å². The lowest BCUT2D eigenvalue weighted by atomic mass is 9.87. The van der Waals surface area contributed by atoms with Crippen LogP contribution < -0.4 is 4.72 Å². The zero-order valence-corrected chi connectivity index (χ0v) is 19.3. The van der Waals surface area contributed by atoms with Gasteiger partial charge in [0.1, 0.15) is 8.82 Å². The van der Waals surface area contributed by atoms with Gasteiger partial charge >= 0.3 is 0 Å². The Morgan fingerprint density at radius 1 is 0.967 bits per heavy atom. The number of carbonyl (C=O) groups excluding carboxylic acids is 1. The SMILES string of the molecule is CC(C)(C)c1ccc(C(=O)NS(=O)(=O)C2=CCC(S(=O)(=O)c3ccccc3)S2)cc1. The molecule has 1 amide bonds. The summed E-state index contributed by atoms with van der Waals surface area (Å²) in [5.74, 6) is -0.758. The fourth-order valence-corrected chi connectivity index (χ4v) is 7.82. The minimum atomic E-state index is -4.16. The van der Waals surface area contributed by atoms with E-state index >= 15 is 0 Å². The monoisotopic (exact) mass is 465 g/mol. The van der Waals surface area contributed by atoms with Crippen LogP contribution in [-0.4, -0.2) is 27.3 Å². The summed E-state index contributed by atoms with van der Waals surface area (Å²) in [7, 11) is -7.86. The Kier molecular flexibility index (Phi) is 6.18. The molecule has 3 rings (SSSR count). The third-order valence-corrected chi connectivity index (χ3v) is 10.5. The second-order valence-electron chi connectivity index (χ2n) is 7.93. The molecule has 0 bridgehead atoms. The lowest BCUT2D eigenvalue weighted by molar-refractivity contribution is 0.0981. The van der Waals surface area contributed by atoms with E-state index in [0.29, 0.717) is 0 Å². The van der Waals surface area contributed by atoms with Crippen LogP contribution in [0.25, 0.3) is 0 Å². The number of benzene rings is 2. The van der Waals surface area contributed by atoms with E-state index in [0.717, 1.165) is 17.3 Å². The maximum absolute atomic E-state index is 12.7. The van der Waals surface area contributed by atoms with Crippen LogP contribution in [0.15, 0.2) is 69.8 Å². The Morgan fingerprint density at radius 3 is 2.13 bits per heavy atom. The number of thioether (sulfide) groups is 1. The number of amides is 1. The normalized spacial score (nSPS) is 17.4. The van der Waals surface area contributed by atoms with Gasteiger partial charge in [0.25, 0.3) is 15.9 Å². The standard InChI is InChI=1S/C21H23NO5S3/c1-21(2,3)16-11-9-15(10-12-16)20(23)22-30(26,27)19-14-13-18(28-19)29(24,25)17-7-5-4-6-8-17/h4-12,14,18H,13H2,1-3H3,(H,22,23). The topological polar surface area (TPSA) is 97.4 Å². The zero-order valence-electron chi connectivity index (χ0n) is 16.8. The smallest absolute Gasteiger partial charge is 0.268 e. The van der Waals surface area contributed by atoms with Crippen molar-refractivity contribution in [1.29, 1.82) is 0 Å². The predicted molar refractivity (Wildman–Crippen MR) is 119 cm³/mol. The highest BCUT2D eigenvalue weighted by Crippen LogP contribution is 2.40. The van der Waals surface area contributed by atoms with E-state index in [4.69, 9.17) is 0 Å². The molecule has 0 fully saturated rings. The second kappa shape index (κ2) is 8.20. The predicted octanol–water partition coefficient (Wildman–Crippen LogP) is 3.82. The van der Waals surface area contributed by atoms with Crippen LogP contribution in [0.1, 0.15) is 43.1 Å².